The molecular formula is C13H23F2NO4. The number of nitrogens with one attached hydrogen (secondary N) is 1. The zero-order valence-electron chi connectivity index (χ0n) is 12.3. The molecule has 0 aliphatic heterocycles. The number of carboxylic acid groups (broad SMARTS) is 1. The summed E-state index contributed by atoms with van der Waals surface area (Å²) in [5.41, 5.74) is -2.40. The zero-order chi connectivity index (χ0) is 16.0. The molecule has 1 unspecified atom stereocenters. The molecule has 0 rings (SSSR count). The molecule has 0 spiro atoms. The lowest BCUT2D eigenvalue weighted by molar-refractivity contribution is -0.152. The maximum atomic E-state index is 12.6. The van der Waals surface area contributed by atoms with Crippen LogP contribution in [0.5, 0.6) is 0 Å². The lowest BCUT2D eigenvalue weighted by Crippen LogP contribution is -2.45. The van der Waals surface area contributed by atoms with E-state index < -0.39 is 35.9 Å². The highest BCUT2D eigenvalue weighted by atomic mass is 19.3. The molecule has 0 aromatic rings. The van der Waals surface area contributed by atoms with Gasteiger partial charge in [-0.3, -0.25) is 4.79 Å². The van der Waals surface area contributed by atoms with E-state index in [1.807, 2.05) is 0 Å². The van der Waals surface area contributed by atoms with E-state index in [-0.39, 0.29) is 13.0 Å². The minimum atomic E-state index is -2.75. The number of rotatable bonds is 7. The van der Waals surface area contributed by atoms with Gasteiger partial charge in [0.2, 0.25) is 6.43 Å². The van der Waals surface area contributed by atoms with Crippen molar-refractivity contribution in [2.75, 3.05) is 6.54 Å². The molecule has 0 saturated carbocycles. The summed E-state index contributed by atoms with van der Waals surface area (Å²) in [5.74, 6) is -1.34. The van der Waals surface area contributed by atoms with Crippen molar-refractivity contribution in [3.63, 3.8) is 0 Å². The summed E-state index contributed by atoms with van der Waals surface area (Å²) in [6.07, 6.45) is -3.88. The average Bonchev–Trinajstić information content (AvgIpc) is 2.22. The van der Waals surface area contributed by atoms with Crippen LogP contribution in [0.2, 0.25) is 0 Å². The van der Waals surface area contributed by atoms with Crippen molar-refractivity contribution in [1.82, 2.24) is 5.32 Å². The highest BCUT2D eigenvalue weighted by Gasteiger charge is 2.41. The Bertz CT molecular complexity index is 342. The molecule has 0 bridgehead atoms. The Kier molecular flexibility index (Phi) is 6.88. The average molecular weight is 295 g/mol. The Morgan fingerprint density at radius 3 is 2.20 bits per heavy atom. The van der Waals surface area contributed by atoms with E-state index in [0.29, 0.717) is 6.42 Å². The largest absolute Gasteiger partial charge is 0.481 e. The van der Waals surface area contributed by atoms with Crippen molar-refractivity contribution in [3.05, 3.63) is 0 Å². The second-order valence-electron chi connectivity index (χ2n) is 5.79. The number of halogens is 2. The summed E-state index contributed by atoms with van der Waals surface area (Å²) in [6.45, 7) is 6.29. The van der Waals surface area contributed by atoms with Gasteiger partial charge in [-0.25, -0.2) is 13.6 Å². The summed E-state index contributed by atoms with van der Waals surface area (Å²) in [7, 11) is 0. The quantitative estimate of drug-likeness (QED) is 0.757. The molecule has 1 atom stereocenters. The standard InChI is InChI=1S/C13H23F2NO4/c1-5-6-13(10(17)18,7-9(14)15)8-16-11(19)20-12(2,3)4/h9H,5-8H2,1-4H3,(H,16,19)(H,17,18). The minimum absolute atomic E-state index is 0.0580. The van der Waals surface area contributed by atoms with Gasteiger partial charge in [0, 0.05) is 13.0 Å². The predicted octanol–water partition coefficient (Wildman–Crippen LogP) is 3.04. The molecule has 0 aromatic heterocycles. The fraction of sp³-hybridized carbons (Fsp3) is 0.846. The van der Waals surface area contributed by atoms with Crippen molar-refractivity contribution in [2.24, 2.45) is 5.41 Å². The minimum Gasteiger partial charge on any atom is -0.481 e. The van der Waals surface area contributed by atoms with Crippen LogP contribution in [-0.4, -0.2) is 35.7 Å². The first-order valence-electron chi connectivity index (χ1n) is 6.51. The van der Waals surface area contributed by atoms with Gasteiger partial charge >= 0.3 is 12.1 Å². The number of carboxylic acids is 1. The molecule has 1 amide bonds. The van der Waals surface area contributed by atoms with Crippen LogP contribution in [0.25, 0.3) is 0 Å². The smallest absolute Gasteiger partial charge is 0.407 e. The summed E-state index contributed by atoms with van der Waals surface area (Å²) < 4.78 is 30.2. The van der Waals surface area contributed by atoms with Gasteiger partial charge in [-0.1, -0.05) is 13.3 Å². The summed E-state index contributed by atoms with van der Waals surface area (Å²) in [5, 5.41) is 11.5. The Hall–Kier alpha value is -1.40. The fourth-order valence-electron chi connectivity index (χ4n) is 1.86. The second kappa shape index (κ2) is 7.40. The third-order valence-corrected chi connectivity index (χ3v) is 2.70. The summed E-state index contributed by atoms with van der Waals surface area (Å²) >= 11 is 0. The van der Waals surface area contributed by atoms with Gasteiger partial charge < -0.3 is 15.2 Å². The Balaban J connectivity index is 4.80. The Labute approximate surface area is 117 Å². The van der Waals surface area contributed by atoms with Crippen LogP contribution in [0.3, 0.4) is 0 Å². The van der Waals surface area contributed by atoms with E-state index in [4.69, 9.17) is 4.74 Å². The van der Waals surface area contributed by atoms with E-state index in [9.17, 15) is 23.5 Å². The van der Waals surface area contributed by atoms with Gasteiger partial charge in [0.1, 0.15) is 5.60 Å². The van der Waals surface area contributed by atoms with Gasteiger partial charge in [0.05, 0.1) is 5.41 Å². The zero-order valence-corrected chi connectivity index (χ0v) is 12.3. The van der Waals surface area contributed by atoms with Crippen molar-refractivity contribution < 1.29 is 28.2 Å². The second-order valence-corrected chi connectivity index (χ2v) is 5.79. The topological polar surface area (TPSA) is 75.6 Å². The van der Waals surface area contributed by atoms with E-state index in [1.54, 1.807) is 27.7 Å². The van der Waals surface area contributed by atoms with E-state index in [0.717, 1.165) is 0 Å². The molecule has 0 aliphatic carbocycles. The van der Waals surface area contributed by atoms with Crippen LogP contribution in [0.15, 0.2) is 0 Å². The van der Waals surface area contributed by atoms with Gasteiger partial charge in [-0.15, -0.1) is 0 Å². The van der Waals surface area contributed by atoms with Crippen LogP contribution in [0, 0.1) is 5.41 Å². The highest BCUT2D eigenvalue weighted by Crippen LogP contribution is 2.31. The van der Waals surface area contributed by atoms with Crippen molar-refractivity contribution in [1.29, 1.82) is 0 Å². The SMILES string of the molecule is CCCC(CNC(=O)OC(C)(C)C)(CC(F)F)C(=O)O. The van der Waals surface area contributed by atoms with E-state index in [2.05, 4.69) is 5.32 Å². The van der Waals surface area contributed by atoms with Gasteiger partial charge in [0.25, 0.3) is 0 Å². The number of ether oxygens (including phenoxy) is 1. The first-order chi connectivity index (χ1) is 9.02. The van der Waals surface area contributed by atoms with Crippen molar-refractivity contribution in [2.45, 2.75) is 59.0 Å². The monoisotopic (exact) mass is 295 g/mol. The molecule has 0 saturated heterocycles. The first-order valence-corrected chi connectivity index (χ1v) is 6.51. The number of alkyl halides is 2. The summed E-state index contributed by atoms with van der Waals surface area (Å²) in [4.78, 5) is 22.8. The molecule has 0 heterocycles. The highest BCUT2D eigenvalue weighted by molar-refractivity contribution is 5.76. The van der Waals surface area contributed by atoms with Crippen LogP contribution in [-0.2, 0) is 9.53 Å². The maximum Gasteiger partial charge on any atom is 0.407 e. The number of carbonyl (C=O) groups excluding carboxylic acids is 1. The third kappa shape index (κ3) is 6.68. The number of alkyl carbamates (subject to hydrolysis) is 1. The number of hydrogen-bond donors (Lipinski definition) is 2. The predicted molar refractivity (Wildman–Crippen MR) is 69.8 cm³/mol. The fourth-order valence-corrected chi connectivity index (χ4v) is 1.86. The lowest BCUT2D eigenvalue weighted by Gasteiger charge is -2.29. The van der Waals surface area contributed by atoms with Crippen LogP contribution >= 0.6 is 0 Å². The number of carbonyl (C=O) groups is 2. The van der Waals surface area contributed by atoms with Gasteiger partial charge in [0.15, 0.2) is 0 Å². The maximum absolute atomic E-state index is 12.6. The molecule has 7 heteroatoms. The molecule has 5 nitrogen and oxygen atoms in total. The van der Waals surface area contributed by atoms with Gasteiger partial charge in [-0.2, -0.15) is 0 Å². The molecule has 20 heavy (non-hydrogen) atoms. The molecule has 0 aliphatic rings. The van der Waals surface area contributed by atoms with Crippen LogP contribution in [0.1, 0.15) is 47.0 Å². The number of aliphatic carboxylic acids is 1. The molecular weight excluding hydrogens is 272 g/mol. The first kappa shape index (κ1) is 18.6. The Morgan fingerprint density at radius 1 is 1.30 bits per heavy atom. The normalized spacial score (nSPS) is 14.8. The molecule has 0 radical (unpaired) electrons. The number of amides is 1. The molecule has 0 aromatic carbocycles. The molecule has 2 N–H and O–H groups in total. The van der Waals surface area contributed by atoms with Gasteiger partial charge in [-0.05, 0) is 27.2 Å². The van der Waals surface area contributed by atoms with E-state index in [1.165, 1.54) is 0 Å². The van der Waals surface area contributed by atoms with Crippen molar-refractivity contribution in [3.8, 4) is 0 Å². The number of hydrogen-bond acceptors (Lipinski definition) is 3. The summed E-state index contributed by atoms with van der Waals surface area (Å²) in [6, 6.07) is 0. The van der Waals surface area contributed by atoms with E-state index >= 15 is 0 Å². The van der Waals surface area contributed by atoms with Crippen LogP contribution < -0.4 is 5.32 Å². The Morgan fingerprint density at radius 2 is 1.85 bits per heavy atom. The van der Waals surface area contributed by atoms with Crippen molar-refractivity contribution >= 4 is 12.1 Å². The lowest BCUT2D eigenvalue weighted by atomic mass is 9.80. The van der Waals surface area contributed by atoms with Crippen LogP contribution in [0.4, 0.5) is 13.6 Å². The third-order valence-electron chi connectivity index (χ3n) is 2.70. The molecule has 0 fully saturated rings. The molecule has 118 valence electrons.